The highest BCUT2D eigenvalue weighted by Crippen LogP contribution is 2.17. The zero-order valence-electron chi connectivity index (χ0n) is 13.2. The highest BCUT2D eigenvalue weighted by Gasteiger charge is 2.18. The summed E-state index contributed by atoms with van der Waals surface area (Å²) in [7, 11) is 1.88. The maximum atomic E-state index is 12.2. The van der Waals surface area contributed by atoms with Crippen molar-refractivity contribution < 1.29 is 4.79 Å². The molecule has 0 radical (unpaired) electrons. The fourth-order valence-corrected chi connectivity index (χ4v) is 2.35. The number of nitrogens with one attached hydrogen (secondary N) is 2. The van der Waals surface area contributed by atoms with Crippen LogP contribution in [0.15, 0.2) is 24.3 Å². The van der Waals surface area contributed by atoms with E-state index in [1.165, 1.54) is 0 Å². The Balaban J connectivity index is 0.00000264. The molecule has 2 aromatic rings. The van der Waals surface area contributed by atoms with E-state index in [9.17, 15) is 4.79 Å². The summed E-state index contributed by atoms with van der Waals surface area (Å²) in [6.45, 7) is 3.43. The van der Waals surface area contributed by atoms with Crippen LogP contribution < -0.4 is 10.6 Å². The van der Waals surface area contributed by atoms with Crippen LogP contribution in [0.4, 0.5) is 0 Å². The van der Waals surface area contributed by atoms with Gasteiger partial charge in [-0.3, -0.25) is 4.79 Å². The van der Waals surface area contributed by atoms with Crippen LogP contribution >= 0.6 is 24.0 Å². The topological polar surface area (TPSA) is 71.8 Å². The Morgan fingerprint density at radius 1 is 1.35 bits per heavy atom. The first kappa shape index (κ1) is 19.4. The van der Waals surface area contributed by atoms with Crippen molar-refractivity contribution in [3.8, 4) is 5.69 Å². The molecule has 1 aromatic carbocycles. The molecule has 1 aromatic heterocycles. The second kappa shape index (κ2) is 9.50. The number of hydrogen-bond acceptors (Lipinski definition) is 4. The van der Waals surface area contributed by atoms with Gasteiger partial charge < -0.3 is 10.6 Å². The summed E-state index contributed by atoms with van der Waals surface area (Å²) in [5, 5.41) is 14.7. The summed E-state index contributed by atoms with van der Waals surface area (Å²) < 4.78 is 1.66. The Bertz CT molecular complexity index is 645. The van der Waals surface area contributed by atoms with Crippen molar-refractivity contribution >= 4 is 29.9 Å². The molecule has 0 unspecified atom stereocenters. The molecule has 0 bridgehead atoms. The third-order valence-electron chi connectivity index (χ3n) is 3.26. The lowest BCUT2D eigenvalue weighted by atomic mass is 10.2. The molecule has 0 saturated heterocycles. The Morgan fingerprint density at radius 3 is 2.78 bits per heavy atom. The Kier molecular flexibility index (Phi) is 8.02. The van der Waals surface area contributed by atoms with E-state index in [2.05, 4.69) is 20.9 Å². The molecule has 126 valence electrons. The molecule has 23 heavy (non-hydrogen) atoms. The van der Waals surface area contributed by atoms with Crippen molar-refractivity contribution in [3.05, 3.63) is 40.7 Å². The smallest absolute Gasteiger partial charge is 0.273 e. The molecular weight excluding hydrogens is 337 g/mol. The Hall–Kier alpha value is -1.63. The molecule has 6 nitrogen and oxygen atoms in total. The Morgan fingerprint density at radius 2 is 2.13 bits per heavy atom. The number of carbonyl (C=O) groups excluding carboxylic acids is 1. The maximum absolute atomic E-state index is 12.2. The molecule has 1 heterocycles. The number of hydrogen-bond donors (Lipinski definition) is 2. The van der Waals surface area contributed by atoms with E-state index in [4.69, 9.17) is 11.6 Å². The van der Waals surface area contributed by atoms with Crippen molar-refractivity contribution in [2.45, 2.75) is 19.8 Å². The van der Waals surface area contributed by atoms with E-state index in [1.54, 1.807) is 16.8 Å². The molecule has 8 heteroatoms. The summed E-state index contributed by atoms with van der Waals surface area (Å²) in [6.07, 6.45) is 1.52. The summed E-state index contributed by atoms with van der Waals surface area (Å²) in [6, 6.07) is 7.32. The normalized spacial score (nSPS) is 10.2. The molecule has 0 aliphatic rings. The lowest BCUT2D eigenvalue weighted by Gasteiger charge is -2.07. The number of halogens is 2. The average molecular weight is 358 g/mol. The van der Waals surface area contributed by atoms with Gasteiger partial charge in [0.05, 0.1) is 11.4 Å². The highest BCUT2D eigenvalue weighted by atomic mass is 35.5. The van der Waals surface area contributed by atoms with Gasteiger partial charge in [0.2, 0.25) is 0 Å². The van der Waals surface area contributed by atoms with Gasteiger partial charge >= 0.3 is 0 Å². The van der Waals surface area contributed by atoms with E-state index in [-0.39, 0.29) is 18.3 Å². The predicted octanol–water partition coefficient (Wildman–Crippen LogP) is 2.24. The van der Waals surface area contributed by atoms with E-state index >= 15 is 0 Å². The minimum Gasteiger partial charge on any atom is -0.351 e. The summed E-state index contributed by atoms with van der Waals surface area (Å²) >= 11 is 6.01. The lowest BCUT2D eigenvalue weighted by molar-refractivity contribution is 0.0947. The third-order valence-corrected chi connectivity index (χ3v) is 3.49. The van der Waals surface area contributed by atoms with Crippen LogP contribution in [0.3, 0.4) is 0 Å². The number of carbonyl (C=O) groups is 1. The van der Waals surface area contributed by atoms with Crippen LogP contribution in [0.25, 0.3) is 5.69 Å². The fourth-order valence-electron chi connectivity index (χ4n) is 2.16. The van der Waals surface area contributed by atoms with Gasteiger partial charge in [0, 0.05) is 11.6 Å². The van der Waals surface area contributed by atoms with Gasteiger partial charge in [0.15, 0.2) is 5.69 Å². The minimum atomic E-state index is -0.193. The van der Waals surface area contributed by atoms with Crippen molar-refractivity contribution in [1.29, 1.82) is 0 Å². The molecule has 1 amide bonds. The predicted molar refractivity (Wildman–Crippen MR) is 93.9 cm³/mol. The Labute approximate surface area is 147 Å². The quantitative estimate of drug-likeness (QED) is 0.745. The molecular formula is C15H21Cl2N5O. The molecule has 0 fully saturated rings. The van der Waals surface area contributed by atoms with Crippen molar-refractivity contribution in [2.24, 2.45) is 0 Å². The standard InChI is InChI=1S/C15H20ClN5O.ClH/c1-3-13-14(15(22)18-9-5-8-17-2)19-20-21(13)12-7-4-6-11(16)10-12;/h4,6-7,10,17H,3,5,8-9H2,1-2H3,(H,18,22);1H. The van der Waals surface area contributed by atoms with Crippen LogP contribution in [0.1, 0.15) is 29.5 Å². The molecule has 0 aliphatic carbocycles. The first-order valence-corrected chi connectivity index (χ1v) is 7.68. The molecule has 0 spiro atoms. The average Bonchev–Trinajstić information content (AvgIpc) is 2.95. The van der Waals surface area contributed by atoms with E-state index in [0.29, 0.717) is 23.7 Å². The summed E-state index contributed by atoms with van der Waals surface area (Å²) in [5.41, 5.74) is 1.94. The second-order valence-electron chi connectivity index (χ2n) is 4.84. The van der Waals surface area contributed by atoms with E-state index in [0.717, 1.165) is 24.3 Å². The van der Waals surface area contributed by atoms with Crippen LogP contribution in [0, 0.1) is 0 Å². The van der Waals surface area contributed by atoms with Crippen LogP contribution in [-0.4, -0.2) is 41.0 Å². The maximum Gasteiger partial charge on any atom is 0.273 e. The summed E-state index contributed by atoms with van der Waals surface area (Å²) in [4.78, 5) is 12.2. The zero-order valence-corrected chi connectivity index (χ0v) is 14.7. The molecule has 0 aliphatic heterocycles. The van der Waals surface area contributed by atoms with Crippen molar-refractivity contribution in [1.82, 2.24) is 25.6 Å². The number of rotatable bonds is 7. The molecule has 2 N–H and O–H groups in total. The van der Waals surface area contributed by atoms with Gasteiger partial charge in [-0.15, -0.1) is 17.5 Å². The molecule has 0 saturated carbocycles. The third kappa shape index (κ3) is 4.92. The zero-order chi connectivity index (χ0) is 15.9. The van der Waals surface area contributed by atoms with Gasteiger partial charge in [-0.2, -0.15) is 0 Å². The van der Waals surface area contributed by atoms with Gasteiger partial charge in [-0.25, -0.2) is 4.68 Å². The van der Waals surface area contributed by atoms with Crippen molar-refractivity contribution in [2.75, 3.05) is 20.1 Å². The lowest BCUT2D eigenvalue weighted by Crippen LogP contribution is -2.27. The van der Waals surface area contributed by atoms with Gasteiger partial charge in [0.25, 0.3) is 5.91 Å². The number of nitrogens with zero attached hydrogens (tertiary/aromatic N) is 3. The number of amides is 1. The van der Waals surface area contributed by atoms with Gasteiger partial charge in [-0.1, -0.05) is 29.8 Å². The first-order chi connectivity index (χ1) is 10.7. The van der Waals surface area contributed by atoms with Crippen molar-refractivity contribution in [3.63, 3.8) is 0 Å². The highest BCUT2D eigenvalue weighted by molar-refractivity contribution is 6.30. The number of aromatic nitrogens is 3. The van der Waals surface area contributed by atoms with Gasteiger partial charge in [0.1, 0.15) is 0 Å². The summed E-state index contributed by atoms with van der Waals surface area (Å²) in [5.74, 6) is -0.193. The first-order valence-electron chi connectivity index (χ1n) is 7.30. The van der Waals surface area contributed by atoms with E-state index in [1.807, 2.05) is 26.1 Å². The van der Waals surface area contributed by atoms with Gasteiger partial charge in [-0.05, 0) is 44.6 Å². The second-order valence-corrected chi connectivity index (χ2v) is 5.28. The van der Waals surface area contributed by atoms with Crippen LogP contribution in [0.5, 0.6) is 0 Å². The monoisotopic (exact) mass is 357 g/mol. The largest absolute Gasteiger partial charge is 0.351 e. The minimum absolute atomic E-state index is 0. The molecule has 2 rings (SSSR count). The van der Waals surface area contributed by atoms with Crippen LogP contribution in [0.2, 0.25) is 5.02 Å². The number of benzene rings is 1. The molecule has 0 atom stereocenters. The SMILES string of the molecule is CCc1c(C(=O)NCCCNC)nnn1-c1cccc(Cl)c1.Cl. The van der Waals surface area contributed by atoms with E-state index < -0.39 is 0 Å². The fraction of sp³-hybridized carbons (Fsp3) is 0.400. The van der Waals surface area contributed by atoms with Crippen LogP contribution in [-0.2, 0) is 6.42 Å².